The first-order valence-corrected chi connectivity index (χ1v) is 9.83. The number of alkyl halides is 3. The van der Waals surface area contributed by atoms with Crippen molar-refractivity contribution in [3.63, 3.8) is 0 Å². The molecule has 0 heterocycles. The van der Waals surface area contributed by atoms with Crippen LogP contribution in [-0.4, -0.2) is 0 Å². The van der Waals surface area contributed by atoms with Gasteiger partial charge in [0.05, 0.1) is 5.56 Å². The smallest absolute Gasteiger partial charge is 0.166 e. The van der Waals surface area contributed by atoms with E-state index in [0.29, 0.717) is 0 Å². The lowest BCUT2D eigenvalue weighted by molar-refractivity contribution is -0.137. The molecule has 0 amide bonds. The molecule has 0 saturated heterocycles. The predicted molar refractivity (Wildman–Crippen MR) is 99.3 cm³/mol. The van der Waals surface area contributed by atoms with E-state index < -0.39 is 11.7 Å². The Hall–Kier alpha value is -1.25. The maximum Gasteiger partial charge on any atom is 0.416 e. The van der Waals surface area contributed by atoms with Gasteiger partial charge < -0.3 is 0 Å². The Morgan fingerprint density at radius 1 is 0.920 bits per heavy atom. The Morgan fingerprint density at radius 2 is 1.52 bits per heavy atom. The zero-order valence-electron chi connectivity index (χ0n) is 15.3. The van der Waals surface area contributed by atoms with E-state index in [1.165, 1.54) is 57.8 Å². The van der Waals surface area contributed by atoms with Gasteiger partial charge in [-0.3, -0.25) is 0 Å². The molecule has 0 aliphatic heterocycles. The van der Waals surface area contributed by atoms with Gasteiger partial charge in [-0.15, -0.1) is 0 Å². The number of hydrogen-bond acceptors (Lipinski definition) is 0. The average Bonchev–Trinajstić information content (AvgIpc) is 2.60. The van der Waals surface area contributed by atoms with Crippen molar-refractivity contribution in [2.24, 2.45) is 11.8 Å². The third-order valence-corrected chi connectivity index (χ3v) is 5.47. The molecule has 0 N–H and O–H groups in total. The second kappa shape index (κ2) is 10.0. The van der Waals surface area contributed by atoms with E-state index in [-0.39, 0.29) is 0 Å². The normalized spacial score (nSPS) is 21.8. The number of hydrogen-bond donors (Lipinski definition) is 0. The summed E-state index contributed by atoms with van der Waals surface area (Å²) in [6.45, 7) is 2.26. The average molecular weight is 352 g/mol. The van der Waals surface area contributed by atoms with Crippen molar-refractivity contribution >= 4 is 6.08 Å². The molecule has 1 saturated carbocycles. The van der Waals surface area contributed by atoms with E-state index in [1.807, 2.05) is 6.08 Å². The molecule has 0 bridgehead atoms. The molecule has 1 aromatic carbocycles. The van der Waals surface area contributed by atoms with Crippen LogP contribution in [0.5, 0.6) is 0 Å². The van der Waals surface area contributed by atoms with Crippen molar-refractivity contribution in [2.45, 2.75) is 77.3 Å². The number of halogens is 3. The summed E-state index contributed by atoms with van der Waals surface area (Å²) < 4.78 is 37.6. The Balaban J connectivity index is 1.65. The SMILES string of the molecule is CCCCCC1CCC(CC/C=C\c2ccc(C(F)(F)F)cc2)CC1. The second-order valence-corrected chi connectivity index (χ2v) is 7.48. The van der Waals surface area contributed by atoms with Gasteiger partial charge in [-0.2, -0.15) is 13.2 Å². The van der Waals surface area contributed by atoms with Crippen LogP contribution in [0.15, 0.2) is 30.3 Å². The maximum absolute atomic E-state index is 12.5. The molecule has 1 fully saturated rings. The summed E-state index contributed by atoms with van der Waals surface area (Å²) in [7, 11) is 0. The Kier molecular flexibility index (Phi) is 8.05. The van der Waals surface area contributed by atoms with Gasteiger partial charge >= 0.3 is 6.18 Å². The van der Waals surface area contributed by atoms with Gasteiger partial charge in [0.1, 0.15) is 0 Å². The highest BCUT2D eigenvalue weighted by atomic mass is 19.4. The fourth-order valence-electron chi connectivity index (χ4n) is 3.83. The van der Waals surface area contributed by atoms with Crippen LogP contribution in [0.3, 0.4) is 0 Å². The van der Waals surface area contributed by atoms with E-state index >= 15 is 0 Å². The number of benzene rings is 1. The molecule has 0 atom stereocenters. The van der Waals surface area contributed by atoms with Crippen molar-refractivity contribution < 1.29 is 13.2 Å². The first kappa shape index (κ1) is 20.1. The fraction of sp³-hybridized carbons (Fsp3) is 0.636. The lowest BCUT2D eigenvalue weighted by Crippen LogP contribution is -2.14. The molecular weight excluding hydrogens is 321 g/mol. The van der Waals surface area contributed by atoms with Crippen molar-refractivity contribution in [3.8, 4) is 0 Å². The van der Waals surface area contributed by atoms with Gasteiger partial charge in [0.2, 0.25) is 0 Å². The van der Waals surface area contributed by atoms with E-state index in [2.05, 4.69) is 13.0 Å². The van der Waals surface area contributed by atoms with Crippen molar-refractivity contribution in [3.05, 3.63) is 41.5 Å². The van der Waals surface area contributed by atoms with Crippen LogP contribution in [0, 0.1) is 11.8 Å². The summed E-state index contributed by atoms with van der Waals surface area (Å²) in [5, 5.41) is 0. The van der Waals surface area contributed by atoms with Crippen molar-refractivity contribution in [1.29, 1.82) is 0 Å². The highest BCUT2D eigenvalue weighted by Crippen LogP contribution is 2.34. The molecule has 0 spiro atoms. The lowest BCUT2D eigenvalue weighted by atomic mass is 9.78. The summed E-state index contributed by atoms with van der Waals surface area (Å²) in [6.07, 6.45) is 13.0. The molecule has 0 unspecified atom stereocenters. The molecule has 1 aromatic rings. The summed E-state index contributed by atoms with van der Waals surface area (Å²) in [4.78, 5) is 0. The molecule has 25 heavy (non-hydrogen) atoms. The van der Waals surface area contributed by atoms with E-state index in [0.717, 1.165) is 36.0 Å². The quantitative estimate of drug-likeness (QED) is 0.417. The van der Waals surface area contributed by atoms with E-state index in [9.17, 15) is 13.2 Å². The molecule has 0 aromatic heterocycles. The first-order chi connectivity index (χ1) is 12.0. The maximum atomic E-state index is 12.5. The second-order valence-electron chi connectivity index (χ2n) is 7.48. The zero-order chi connectivity index (χ0) is 18.1. The monoisotopic (exact) mass is 352 g/mol. The van der Waals surface area contributed by atoms with Gasteiger partial charge in [0.15, 0.2) is 0 Å². The van der Waals surface area contributed by atoms with Gasteiger partial charge in [0, 0.05) is 0 Å². The van der Waals surface area contributed by atoms with E-state index in [1.54, 1.807) is 12.1 Å². The van der Waals surface area contributed by atoms with Crippen molar-refractivity contribution in [1.82, 2.24) is 0 Å². The van der Waals surface area contributed by atoms with Gasteiger partial charge in [0.25, 0.3) is 0 Å². The fourth-order valence-corrected chi connectivity index (χ4v) is 3.83. The molecule has 0 radical (unpaired) electrons. The van der Waals surface area contributed by atoms with Gasteiger partial charge in [-0.05, 0) is 42.4 Å². The Labute approximate surface area is 150 Å². The minimum atomic E-state index is -4.25. The minimum Gasteiger partial charge on any atom is -0.166 e. The topological polar surface area (TPSA) is 0 Å². The number of rotatable bonds is 8. The Bertz CT molecular complexity index is 505. The highest BCUT2D eigenvalue weighted by Gasteiger charge is 2.29. The van der Waals surface area contributed by atoms with Crippen LogP contribution in [0.1, 0.15) is 82.3 Å². The largest absolute Gasteiger partial charge is 0.416 e. The standard InChI is InChI=1S/C22H31F3/c1-2-3-4-7-18-10-12-19(13-11-18)8-5-6-9-20-14-16-21(17-15-20)22(23,24)25/h6,9,14-19H,2-5,7-8,10-13H2,1H3/b9-6-. The zero-order valence-corrected chi connectivity index (χ0v) is 15.3. The summed E-state index contributed by atoms with van der Waals surface area (Å²) in [6, 6.07) is 5.39. The van der Waals surface area contributed by atoms with Crippen LogP contribution in [-0.2, 0) is 6.18 Å². The molecule has 1 aliphatic rings. The minimum absolute atomic E-state index is 0.583. The van der Waals surface area contributed by atoms with Crippen molar-refractivity contribution in [2.75, 3.05) is 0 Å². The van der Waals surface area contributed by atoms with E-state index in [4.69, 9.17) is 0 Å². The Morgan fingerprint density at radius 3 is 2.08 bits per heavy atom. The molecular formula is C22H31F3. The summed E-state index contributed by atoms with van der Waals surface area (Å²) >= 11 is 0. The summed E-state index contributed by atoms with van der Waals surface area (Å²) in [5.74, 6) is 1.78. The highest BCUT2D eigenvalue weighted by molar-refractivity contribution is 5.49. The van der Waals surface area contributed by atoms with Crippen LogP contribution in [0.2, 0.25) is 0 Å². The molecule has 2 rings (SSSR count). The predicted octanol–water partition coefficient (Wildman–Crippen LogP) is 7.89. The number of allylic oxidation sites excluding steroid dienone is 1. The molecule has 1 aliphatic carbocycles. The molecule has 0 nitrogen and oxygen atoms in total. The lowest BCUT2D eigenvalue weighted by Gasteiger charge is -2.28. The molecule has 140 valence electrons. The van der Waals surface area contributed by atoms with Crippen LogP contribution >= 0.6 is 0 Å². The first-order valence-electron chi connectivity index (χ1n) is 9.83. The van der Waals surface area contributed by atoms with Gasteiger partial charge in [-0.25, -0.2) is 0 Å². The third-order valence-electron chi connectivity index (χ3n) is 5.47. The van der Waals surface area contributed by atoms with Crippen LogP contribution in [0.4, 0.5) is 13.2 Å². The van der Waals surface area contributed by atoms with Crippen LogP contribution in [0.25, 0.3) is 6.08 Å². The molecule has 3 heteroatoms. The summed E-state index contributed by atoms with van der Waals surface area (Å²) in [5.41, 5.74) is 0.257. The van der Waals surface area contributed by atoms with Gasteiger partial charge in [-0.1, -0.05) is 82.6 Å². The number of unbranched alkanes of at least 4 members (excludes halogenated alkanes) is 2. The third kappa shape index (κ3) is 7.25. The van der Waals surface area contributed by atoms with Crippen LogP contribution < -0.4 is 0 Å².